The monoisotopic (exact) mass is 480 g/mol. The number of hydrogen-bond donors (Lipinski definition) is 1. The van der Waals surface area contributed by atoms with E-state index in [1.54, 1.807) is 4.52 Å². The molecule has 1 aliphatic heterocycles. The molecule has 2 aliphatic rings. The van der Waals surface area contributed by atoms with Crippen molar-refractivity contribution >= 4 is 50.0 Å². The van der Waals surface area contributed by atoms with E-state index in [2.05, 4.69) is 41.5 Å². The highest BCUT2D eigenvalue weighted by molar-refractivity contribution is 7.99. The number of aromatic nitrogens is 5. The van der Waals surface area contributed by atoms with Gasteiger partial charge in [0.2, 0.25) is 11.1 Å². The van der Waals surface area contributed by atoms with Gasteiger partial charge < -0.3 is 5.32 Å². The average Bonchev–Trinajstić information content (AvgIpc) is 3.47. The molecule has 4 heterocycles. The Morgan fingerprint density at radius 1 is 1.15 bits per heavy atom. The van der Waals surface area contributed by atoms with Gasteiger partial charge in [-0.05, 0) is 61.9 Å². The topological polar surface area (TPSA) is 91.5 Å². The zero-order valence-corrected chi connectivity index (χ0v) is 19.9. The maximum atomic E-state index is 12.6. The summed E-state index contributed by atoms with van der Waals surface area (Å²) >= 11 is 3.00. The number of hydrogen-bond acceptors (Lipinski definition) is 9. The molecule has 0 bridgehead atoms. The number of amides is 1. The maximum absolute atomic E-state index is 12.6. The predicted octanol–water partition coefficient (Wildman–Crippen LogP) is 2.91. The number of thiazole rings is 1. The third kappa shape index (κ3) is 4.58. The molecule has 2 fully saturated rings. The summed E-state index contributed by atoms with van der Waals surface area (Å²) < 4.78 is 2.78. The van der Waals surface area contributed by atoms with Gasteiger partial charge in [0, 0.05) is 37.1 Å². The fraction of sp³-hybridized carbons (Fsp3) is 0.409. The van der Waals surface area contributed by atoms with Crippen LogP contribution in [0, 0.1) is 6.92 Å². The molecule has 1 amide bonds. The molecule has 1 aromatic carbocycles. The molecule has 0 unspecified atom stereocenters. The van der Waals surface area contributed by atoms with Crippen molar-refractivity contribution in [2.24, 2.45) is 0 Å². The summed E-state index contributed by atoms with van der Waals surface area (Å²) in [6.45, 7) is 6.40. The summed E-state index contributed by atoms with van der Waals surface area (Å²) in [5, 5.41) is 17.3. The van der Waals surface area contributed by atoms with E-state index in [-0.39, 0.29) is 5.91 Å². The van der Waals surface area contributed by atoms with Gasteiger partial charge >= 0.3 is 0 Å². The highest BCUT2D eigenvalue weighted by atomic mass is 32.2. The van der Waals surface area contributed by atoms with E-state index in [4.69, 9.17) is 0 Å². The number of nitrogens with zero attached hydrogens (tertiary/aromatic N) is 7. The molecule has 0 atom stereocenters. The molecule has 1 aliphatic carbocycles. The molecule has 11 heteroatoms. The van der Waals surface area contributed by atoms with Crippen LogP contribution in [0.15, 0.2) is 40.4 Å². The molecule has 170 valence electrons. The van der Waals surface area contributed by atoms with Crippen LogP contribution in [-0.4, -0.2) is 79.3 Å². The average molecular weight is 481 g/mol. The summed E-state index contributed by atoms with van der Waals surface area (Å²) in [4.78, 5) is 23.0. The predicted molar refractivity (Wildman–Crippen MR) is 129 cm³/mol. The molecule has 4 aromatic rings. The highest BCUT2D eigenvalue weighted by Crippen LogP contribution is 2.33. The molecule has 1 N–H and O–H groups in total. The van der Waals surface area contributed by atoms with E-state index in [1.165, 1.54) is 35.9 Å². The van der Waals surface area contributed by atoms with Crippen LogP contribution in [0.2, 0.25) is 0 Å². The van der Waals surface area contributed by atoms with Crippen molar-refractivity contribution in [2.45, 2.75) is 35.9 Å². The van der Waals surface area contributed by atoms with Crippen LogP contribution in [0.4, 0.5) is 5.13 Å². The van der Waals surface area contributed by atoms with Gasteiger partial charge in [0.25, 0.3) is 0 Å². The molecule has 3 aromatic heterocycles. The second kappa shape index (κ2) is 8.64. The Morgan fingerprint density at radius 3 is 2.82 bits per heavy atom. The van der Waals surface area contributed by atoms with Gasteiger partial charge in [-0.1, -0.05) is 11.3 Å². The summed E-state index contributed by atoms with van der Waals surface area (Å²) in [6, 6.07) is 10.7. The van der Waals surface area contributed by atoms with E-state index in [1.807, 2.05) is 31.2 Å². The molecule has 0 radical (unpaired) electrons. The van der Waals surface area contributed by atoms with Crippen LogP contribution >= 0.6 is 23.1 Å². The van der Waals surface area contributed by atoms with E-state index in [9.17, 15) is 4.79 Å². The van der Waals surface area contributed by atoms with Crippen LogP contribution in [0.5, 0.6) is 0 Å². The lowest BCUT2D eigenvalue weighted by molar-refractivity contribution is -0.117. The van der Waals surface area contributed by atoms with Crippen molar-refractivity contribution in [2.75, 3.05) is 38.0 Å². The van der Waals surface area contributed by atoms with E-state index >= 15 is 0 Å². The molecule has 9 nitrogen and oxygen atoms in total. The molecule has 1 saturated carbocycles. The minimum atomic E-state index is -0.0000921. The highest BCUT2D eigenvalue weighted by Gasteiger charge is 2.31. The second-order valence-electron chi connectivity index (χ2n) is 8.57. The molecule has 6 rings (SSSR count). The van der Waals surface area contributed by atoms with Gasteiger partial charge in [0.15, 0.2) is 10.8 Å². The smallest absolute Gasteiger partial charge is 0.240 e. The molecule has 0 spiro atoms. The Labute approximate surface area is 199 Å². The quantitative estimate of drug-likeness (QED) is 0.450. The first-order valence-corrected chi connectivity index (χ1v) is 12.8. The van der Waals surface area contributed by atoms with Gasteiger partial charge in [0.1, 0.15) is 0 Å². The first-order chi connectivity index (χ1) is 16.1. The number of rotatable bonds is 6. The fourth-order valence-electron chi connectivity index (χ4n) is 4.14. The maximum Gasteiger partial charge on any atom is 0.240 e. The van der Waals surface area contributed by atoms with Gasteiger partial charge in [-0.2, -0.15) is 9.61 Å². The molecular weight excluding hydrogens is 456 g/mol. The van der Waals surface area contributed by atoms with Gasteiger partial charge in [0.05, 0.1) is 22.5 Å². The third-order valence-electron chi connectivity index (χ3n) is 6.02. The minimum absolute atomic E-state index is 0.0000921. The van der Waals surface area contributed by atoms with Gasteiger partial charge in [-0.3, -0.25) is 14.6 Å². The van der Waals surface area contributed by atoms with E-state index in [0.717, 1.165) is 58.7 Å². The lowest BCUT2D eigenvalue weighted by Crippen LogP contribution is -2.49. The van der Waals surface area contributed by atoms with E-state index in [0.29, 0.717) is 16.8 Å². The number of fused-ring (bicyclic) bond motifs is 2. The first kappa shape index (κ1) is 21.0. The lowest BCUT2D eigenvalue weighted by atomic mass is 10.3. The van der Waals surface area contributed by atoms with Crippen molar-refractivity contribution < 1.29 is 4.79 Å². The van der Waals surface area contributed by atoms with Crippen molar-refractivity contribution in [3.8, 4) is 0 Å². The van der Waals surface area contributed by atoms with Gasteiger partial charge in [-0.25, -0.2) is 4.98 Å². The Bertz CT molecular complexity index is 1320. The summed E-state index contributed by atoms with van der Waals surface area (Å²) in [5.74, 6) is -0.0000921. The van der Waals surface area contributed by atoms with Crippen LogP contribution < -0.4 is 5.32 Å². The normalized spacial score (nSPS) is 17.7. The van der Waals surface area contributed by atoms with Crippen molar-refractivity contribution in [3.05, 3.63) is 36.0 Å². The van der Waals surface area contributed by atoms with Crippen LogP contribution in [-0.2, 0) is 4.79 Å². The number of carbonyl (C=O) groups excluding carboxylic acids is 1. The molecule has 1 saturated heterocycles. The van der Waals surface area contributed by atoms with Crippen molar-refractivity contribution in [1.29, 1.82) is 0 Å². The first-order valence-electron chi connectivity index (χ1n) is 11.1. The Kier molecular flexibility index (Phi) is 5.49. The van der Waals surface area contributed by atoms with E-state index < -0.39 is 0 Å². The number of carbonyl (C=O) groups is 1. The third-order valence-corrected chi connectivity index (χ3v) is 7.88. The Hall–Kier alpha value is -2.60. The Balaban J connectivity index is 1.11. The SMILES string of the molecule is Cc1ccc2nnc(Sc3ccc4nc(NC(=O)CN5CCN(C6CC6)CC5)sc4c3)n2n1. The fourth-order valence-corrected chi connectivity index (χ4v) is 5.96. The van der Waals surface area contributed by atoms with Crippen LogP contribution in [0.25, 0.3) is 15.9 Å². The zero-order valence-electron chi connectivity index (χ0n) is 18.3. The Morgan fingerprint density at radius 2 is 2.00 bits per heavy atom. The molecule has 33 heavy (non-hydrogen) atoms. The zero-order chi connectivity index (χ0) is 22.4. The summed E-state index contributed by atoms with van der Waals surface area (Å²) in [5.41, 5.74) is 2.51. The standard InChI is InChI=1S/C22H24N8OS2/c1-14-2-7-19-25-26-22(30(19)27-14)32-16-5-6-17-18(12-16)33-21(23-17)24-20(31)13-28-8-10-29(11-9-28)15-3-4-15/h2,5-7,12,15H,3-4,8-11,13H2,1H3,(H,23,24,31). The number of anilines is 1. The second-order valence-corrected chi connectivity index (χ2v) is 10.6. The van der Waals surface area contributed by atoms with Crippen molar-refractivity contribution in [3.63, 3.8) is 0 Å². The van der Waals surface area contributed by atoms with Crippen LogP contribution in [0.3, 0.4) is 0 Å². The number of aryl methyl sites for hydroxylation is 1. The molecular formula is C22H24N8OS2. The van der Waals surface area contributed by atoms with Crippen molar-refractivity contribution in [1.82, 2.24) is 34.6 Å². The van der Waals surface area contributed by atoms with Gasteiger partial charge in [-0.15, -0.1) is 10.2 Å². The largest absolute Gasteiger partial charge is 0.301 e. The number of nitrogens with one attached hydrogen (secondary N) is 1. The lowest BCUT2D eigenvalue weighted by Gasteiger charge is -2.34. The summed E-state index contributed by atoms with van der Waals surface area (Å²) in [6.07, 6.45) is 2.68. The number of benzene rings is 1. The minimum Gasteiger partial charge on any atom is -0.301 e. The summed E-state index contributed by atoms with van der Waals surface area (Å²) in [7, 11) is 0. The number of piperazine rings is 1. The van der Waals surface area contributed by atoms with Crippen LogP contribution in [0.1, 0.15) is 18.5 Å².